The topological polar surface area (TPSA) is 46.6 Å². The molecule has 2 saturated heterocycles. The number of esters is 1. The van der Waals surface area contributed by atoms with Crippen molar-refractivity contribution in [1.82, 2.24) is 4.90 Å². The van der Waals surface area contributed by atoms with Crippen LogP contribution in [0.2, 0.25) is 0 Å². The van der Waals surface area contributed by atoms with Gasteiger partial charge >= 0.3 is 5.97 Å². The van der Waals surface area contributed by atoms with Crippen molar-refractivity contribution >= 4 is 11.9 Å². The summed E-state index contributed by atoms with van der Waals surface area (Å²) in [6, 6.07) is 9.94. The lowest BCUT2D eigenvalue weighted by atomic mass is 9.85. The molecule has 2 fully saturated rings. The van der Waals surface area contributed by atoms with Crippen LogP contribution in [0.15, 0.2) is 30.3 Å². The summed E-state index contributed by atoms with van der Waals surface area (Å²) in [5.74, 6) is -0.114. The first-order valence-electron chi connectivity index (χ1n) is 6.76. The lowest BCUT2D eigenvalue weighted by Gasteiger charge is -2.42. The zero-order valence-electron chi connectivity index (χ0n) is 10.7. The molecule has 1 aromatic carbocycles. The van der Waals surface area contributed by atoms with Gasteiger partial charge in [-0.2, -0.15) is 0 Å². The number of fused-ring (bicyclic) bond motifs is 1. The van der Waals surface area contributed by atoms with Gasteiger partial charge in [-0.1, -0.05) is 30.3 Å². The molecule has 0 aliphatic carbocycles. The number of ether oxygens (including phenoxy) is 1. The van der Waals surface area contributed by atoms with E-state index in [9.17, 15) is 9.59 Å². The molecule has 2 atom stereocenters. The fourth-order valence-corrected chi connectivity index (χ4v) is 3.02. The summed E-state index contributed by atoms with van der Waals surface area (Å²) in [6.07, 6.45) is 1.84. The van der Waals surface area contributed by atoms with Crippen LogP contribution in [0.1, 0.15) is 24.8 Å². The largest absolute Gasteiger partial charge is 0.465 e. The summed E-state index contributed by atoms with van der Waals surface area (Å²) in [4.78, 5) is 25.8. The lowest BCUT2D eigenvalue weighted by Crippen LogP contribution is -2.53. The molecule has 0 saturated carbocycles. The van der Waals surface area contributed by atoms with Crippen LogP contribution in [0.5, 0.6) is 0 Å². The van der Waals surface area contributed by atoms with Crippen LogP contribution in [-0.2, 0) is 20.9 Å². The molecule has 0 bridgehead atoms. The van der Waals surface area contributed by atoms with Gasteiger partial charge < -0.3 is 9.64 Å². The predicted molar refractivity (Wildman–Crippen MR) is 69.1 cm³/mol. The van der Waals surface area contributed by atoms with Gasteiger partial charge in [0.15, 0.2) is 0 Å². The lowest BCUT2D eigenvalue weighted by molar-refractivity contribution is -0.165. The first-order valence-corrected chi connectivity index (χ1v) is 6.76. The Kier molecular flexibility index (Phi) is 3.23. The summed E-state index contributed by atoms with van der Waals surface area (Å²) in [7, 11) is 0. The Morgan fingerprint density at radius 1 is 1.16 bits per heavy atom. The summed E-state index contributed by atoms with van der Waals surface area (Å²) in [5, 5.41) is 0. The van der Waals surface area contributed by atoms with Crippen molar-refractivity contribution in [1.29, 1.82) is 0 Å². The molecule has 4 nitrogen and oxygen atoms in total. The van der Waals surface area contributed by atoms with Gasteiger partial charge in [-0.05, 0) is 12.0 Å². The molecule has 100 valence electrons. The Labute approximate surface area is 112 Å². The minimum Gasteiger partial charge on any atom is -0.465 e. The van der Waals surface area contributed by atoms with Gasteiger partial charge in [0.1, 0.15) is 0 Å². The summed E-state index contributed by atoms with van der Waals surface area (Å²) >= 11 is 0. The zero-order chi connectivity index (χ0) is 13.2. The van der Waals surface area contributed by atoms with E-state index in [1.807, 2.05) is 35.2 Å². The second kappa shape index (κ2) is 5.03. The highest BCUT2D eigenvalue weighted by atomic mass is 16.5. The maximum absolute atomic E-state index is 12.1. The van der Waals surface area contributed by atoms with E-state index in [4.69, 9.17) is 4.74 Å². The van der Waals surface area contributed by atoms with Gasteiger partial charge in [-0.15, -0.1) is 0 Å². The molecule has 1 amide bonds. The number of hydrogen-bond acceptors (Lipinski definition) is 3. The second-order valence-corrected chi connectivity index (χ2v) is 5.18. The van der Waals surface area contributed by atoms with E-state index in [1.54, 1.807) is 0 Å². The van der Waals surface area contributed by atoms with Crippen molar-refractivity contribution in [3.8, 4) is 0 Å². The van der Waals surface area contributed by atoms with Crippen molar-refractivity contribution in [3.05, 3.63) is 35.9 Å². The van der Waals surface area contributed by atoms with Gasteiger partial charge in [-0.25, -0.2) is 0 Å². The third-order valence-electron chi connectivity index (χ3n) is 4.01. The van der Waals surface area contributed by atoms with Crippen molar-refractivity contribution in [2.45, 2.75) is 31.8 Å². The quantitative estimate of drug-likeness (QED) is 0.760. The molecular formula is C15H17NO3. The van der Waals surface area contributed by atoms with Crippen LogP contribution in [0, 0.1) is 5.92 Å². The smallest absolute Gasteiger partial charge is 0.311 e. The fourth-order valence-electron chi connectivity index (χ4n) is 3.02. The molecule has 2 aliphatic heterocycles. The molecule has 0 radical (unpaired) electrons. The Morgan fingerprint density at radius 3 is 2.74 bits per heavy atom. The second-order valence-electron chi connectivity index (χ2n) is 5.18. The van der Waals surface area contributed by atoms with E-state index in [1.165, 1.54) is 0 Å². The first kappa shape index (κ1) is 12.2. The van der Waals surface area contributed by atoms with Crippen molar-refractivity contribution in [2.24, 2.45) is 5.92 Å². The third-order valence-corrected chi connectivity index (χ3v) is 4.01. The molecule has 0 spiro atoms. The molecule has 19 heavy (non-hydrogen) atoms. The SMILES string of the molecule is O=C1OCC[C@H]2[C@@H]1CCC(=O)N2Cc1ccccc1. The van der Waals surface area contributed by atoms with Crippen molar-refractivity contribution in [2.75, 3.05) is 6.61 Å². The number of nitrogens with zero attached hydrogens (tertiary/aromatic N) is 1. The fraction of sp³-hybridized carbons (Fsp3) is 0.467. The van der Waals surface area contributed by atoms with Gasteiger partial charge in [0.25, 0.3) is 0 Å². The normalized spacial score (nSPS) is 26.8. The molecule has 3 rings (SSSR count). The molecule has 0 aromatic heterocycles. The van der Waals surface area contributed by atoms with E-state index < -0.39 is 0 Å². The Bertz CT molecular complexity index is 485. The first-order chi connectivity index (χ1) is 9.25. The molecular weight excluding hydrogens is 242 g/mol. The highest BCUT2D eigenvalue weighted by molar-refractivity contribution is 5.82. The van der Waals surface area contributed by atoms with Gasteiger partial charge in [0.2, 0.25) is 5.91 Å². The monoisotopic (exact) mass is 259 g/mol. The number of rotatable bonds is 2. The van der Waals surface area contributed by atoms with E-state index in [2.05, 4.69) is 0 Å². The van der Waals surface area contributed by atoms with Crippen LogP contribution in [0.3, 0.4) is 0 Å². The number of carbonyl (C=O) groups excluding carboxylic acids is 2. The maximum atomic E-state index is 12.1. The summed E-state index contributed by atoms with van der Waals surface area (Å²) in [5.41, 5.74) is 1.11. The van der Waals surface area contributed by atoms with E-state index in [-0.39, 0.29) is 23.8 Å². The zero-order valence-corrected chi connectivity index (χ0v) is 10.7. The van der Waals surface area contributed by atoms with Crippen molar-refractivity contribution in [3.63, 3.8) is 0 Å². The van der Waals surface area contributed by atoms with E-state index >= 15 is 0 Å². The van der Waals surface area contributed by atoms with Gasteiger partial charge in [0, 0.05) is 25.4 Å². The Hall–Kier alpha value is -1.84. The number of benzene rings is 1. The molecule has 0 unspecified atom stereocenters. The summed E-state index contributed by atoms with van der Waals surface area (Å²) < 4.78 is 5.10. The number of amides is 1. The average molecular weight is 259 g/mol. The Balaban J connectivity index is 1.81. The van der Waals surface area contributed by atoms with E-state index in [0.29, 0.717) is 26.0 Å². The molecule has 4 heteroatoms. The highest BCUT2D eigenvalue weighted by Gasteiger charge is 2.42. The number of likely N-dealkylation sites (tertiary alicyclic amines) is 1. The van der Waals surface area contributed by atoms with Crippen LogP contribution in [0.4, 0.5) is 0 Å². The van der Waals surface area contributed by atoms with Crippen LogP contribution < -0.4 is 0 Å². The van der Waals surface area contributed by atoms with Crippen LogP contribution in [0.25, 0.3) is 0 Å². The van der Waals surface area contributed by atoms with Crippen molar-refractivity contribution < 1.29 is 14.3 Å². The molecule has 0 N–H and O–H groups in total. The molecule has 2 aliphatic rings. The predicted octanol–water partition coefficient (Wildman–Crippen LogP) is 1.74. The number of hydrogen-bond donors (Lipinski definition) is 0. The van der Waals surface area contributed by atoms with Crippen LogP contribution >= 0.6 is 0 Å². The molecule has 2 heterocycles. The minimum absolute atomic E-state index is 0.0164. The van der Waals surface area contributed by atoms with E-state index in [0.717, 1.165) is 12.0 Å². The third kappa shape index (κ3) is 2.35. The molecule has 1 aromatic rings. The average Bonchev–Trinajstić information content (AvgIpc) is 2.43. The van der Waals surface area contributed by atoms with Gasteiger partial charge in [-0.3, -0.25) is 9.59 Å². The minimum atomic E-state index is -0.137. The van der Waals surface area contributed by atoms with Crippen LogP contribution in [-0.4, -0.2) is 29.4 Å². The highest BCUT2D eigenvalue weighted by Crippen LogP contribution is 2.32. The standard InChI is InChI=1S/C15H17NO3/c17-14-7-6-12-13(8-9-19-15(12)18)16(14)10-11-4-2-1-3-5-11/h1-5,12-13H,6-10H2/t12-,13-/m0/s1. The van der Waals surface area contributed by atoms with Gasteiger partial charge in [0.05, 0.1) is 12.5 Å². The number of piperidine rings is 1. The number of carbonyl (C=O) groups is 2. The maximum Gasteiger partial charge on any atom is 0.311 e. The summed E-state index contributed by atoms with van der Waals surface area (Å²) in [6.45, 7) is 1.02. The Morgan fingerprint density at radius 2 is 1.95 bits per heavy atom. The number of cyclic esters (lactones) is 1.